The van der Waals surface area contributed by atoms with E-state index in [1.54, 1.807) is 0 Å². The van der Waals surface area contributed by atoms with Crippen molar-refractivity contribution >= 4 is 11.9 Å². The molecular formula is C26H48O4. The summed E-state index contributed by atoms with van der Waals surface area (Å²) in [5, 5.41) is 0. The van der Waals surface area contributed by atoms with E-state index in [9.17, 15) is 9.59 Å². The number of allylic oxidation sites excluding steroid dienone is 2. The lowest BCUT2D eigenvalue weighted by Crippen LogP contribution is -2.10. The molecule has 0 bridgehead atoms. The number of carbonyl (C=O) groups excluding carboxylic acids is 2. The Morgan fingerprint density at radius 1 is 0.533 bits per heavy atom. The van der Waals surface area contributed by atoms with Crippen molar-refractivity contribution < 1.29 is 19.1 Å². The molecule has 30 heavy (non-hydrogen) atoms. The lowest BCUT2D eigenvalue weighted by Gasteiger charge is -2.07. The summed E-state index contributed by atoms with van der Waals surface area (Å²) in [5.41, 5.74) is 0. The number of carbonyl (C=O) groups is 2. The van der Waals surface area contributed by atoms with E-state index in [1.165, 1.54) is 57.8 Å². The fourth-order valence-corrected chi connectivity index (χ4v) is 3.36. The maximum Gasteiger partial charge on any atom is 0.306 e. The summed E-state index contributed by atoms with van der Waals surface area (Å²) >= 11 is 0. The van der Waals surface area contributed by atoms with Crippen molar-refractivity contribution in [3.05, 3.63) is 12.2 Å². The number of rotatable bonds is 20. The first kappa shape index (κ1) is 28.7. The van der Waals surface area contributed by atoms with E-state index >= 15 is 0 Å². The van der Waals surface area contributed by atoms with Crippen molar-refractivity contribution in [2.24, 2.45) is 0 Å². The predicted octanol–water partition coefficient (Wildman–Crippen LogP) is 7.69. The molecule has 0 aliphatic rings. The monoisotopic (exact) mass is 424 g/mol. The highest BCUT2D eigenvalue weighted by molar-refractivity contribution is 5.69. The standard InChI is InChI=1S/C26H48O4/c1-23(2)29-25(27)21-19-17-15-13-11-9-7-5-6-8-10-12-14-16-18-20-22-26(28)30-24(3)4/h11,13,23-24H,5-10,12,14-22H2,1-4H3/b13-11+. The zero-order chi connectivity index (χ0) is 22.5. The van der Waals surface area contributed by atoms with Crippen LogP contribution >= 0.6 is 0 Å². The first-order chi connectivity index (χ1) is 14.4. The van der Waals surface area contributed by atoms with Crippen molar-refractivity contribution in [2.45, 2.75) is 143 Å². The highest BCUT2D eigenvalue weighted by Gasteiger charge is 2.05. The van der Waals surface area contributed by atoms with Crippen molar-refractivity contribution in [3.8, 4) is 0 Å². The maximum absolute atomic E-state index is 11.4. The van der Waals surface area contributed by atoms with E-state index in [0.29, 0.717) is 12.8 Å². The Morgan fingerprint density at radius 3 is 1.23 bits per heavy atom. The van der Waals surface area contributed by atoms with Crippen LogP contribution in [0.4, 0.5) is 0 Å². The highest BCUT2D eigenvalue weighted by atomic mass is 16.5. The van der Waals surface area contributed by atoms with Crippen LogP contribution in [-0.4, -0.2) is 24.1 Å². The molecule has 0 aromatic rings. The molecule has 4 heteroatoms. The Labute approximate surface area is 186 Å². The summed E-state index contributed by atoms with van der Waals surface area (Å²) in [6.45, 7) is 7.57. The van der Waals surface area contributed by atoms with Gasteiger partial charge in [-0.25, -0.2) is 0 Å². The third-order valence-corrected chi connectivity index (χ3v) is 4.90. The van der Waals surface area contributed by atoms with Crippen LogP contribution in [0, 0.1) is 0 Å². The van der Waals surface area contributed by atoms with E-state index in [-0.39, 0.29) is 24.1 Å². The van der Waals surface area contributed by atoms with Gasteiger partial charge in [0.2, 0.25) is 0 Å². The van der Waals surface area contributed by atoms with E-state index in [1.807, 2.05) is 27.7 Å². The molecule has 0 saturated heterocycles. The summed E-state index contributed by atoms with van der Waals surface area (Å²) in [4.78, 5) is 22.8. The van der Waals surface area contributed by atoms with Gasteiger partial charge >= 0.3 is 11.9 Å². The van der Waals surface area contributed by atoms with Gasteiger partial charge in [-0.15, -0.1) is 0 Å². The van der Waals surface area contributed by atoms with Gasteiger partial charge in [-0.05, 0) is 66.2 Å². The number of hydrogen-bond donors (Lipinski definition) is 0. The van der Waals surface area contributed by atoms with Crippen LogP contribution in [0.2, 0.25) is 0 Å². The lowest BCUT2D eigenvalue weighted by atomic mass is 10.0. The van der Waals surface area contributed by atoms with Crippen molar-refractivity contribution in [1.29, 1.82) is 0 Å². The van der Waals surface area contributed by atoms with Crippen LogP contribution < -0.4 is 0 Å². The van der Waals surface area contributed by atoms with Gasteiger partial charge in [-0.3, -0.25) is 9.59 Å². The average molecular weight is 425 g/mol. The molecule has 0 unspecified atom stereocenters. The second-order valence-corrected chi connectivity index (χ2v) is 8.87. The first-order valence-corrected chi connectivity index (χ1v) is 12.5. The zero-order valence-electron chi connectivity index (χ0n) is 20.3. The Morgan fingerprint density at radius 2 is 0.833 bits per heavy atom. The predicted molar refractivity (Wildman–Crippen MR) is 125 cm³/mol. The molecule has 0 rings (SSSR count). The SMILES string of the molecule is CC(C)OC(=O)CCCC/C=C/CCCCCCCCCCCCC(=O)OC(C)C. The van der Waals surface area contributed by atoms with E-state index < -0.39 is 0 Å². The fourth-order valence-electron chi connectivity index (χ4n) is 3.36. The molecule has 0 spiro atoms. The lowest BCUT2D eigenvalue weighted by molar-refractivity contribution is -0.148. The summed E-state index contributed by atoms with van der Waals surface area (Å²) in [6, 6.07) is 0. The smallest absolute Gasteiger partial charge is 0.306 e. The fraction of sp³-hybridized carbons (Fsp3) is 0.846. The van der Waals surface area contributed by atoms with Crippen molar-refractivity contribution in [3.63, 3.8) is 0 Å². The van der Waals surface area contributed by atoms with Crippen LogP contribution in [0.15, 0.2) is 12.2 Å². The van der Waals surface area contributed by atoms with Crippen LogP contribution in [-0.2, 0) is 19.1 Å². The molecule has 0 aromatic heterocycles. The molecule has 176 valence electrons. The largest absolute Gasteiger partial charge is 0.463 e. The first-order valence-electron chi connectivity index (χ1n) is 12.5. The Balaban J connectivity index is 3.23. The maximum atomic E-state index is 11.4. The quantitative estimate of drug-likeness (QED) is 0.114. The van der Waals surface area contributed by atoms with Gasteiger partial charge in [0.1, 0.15) is 0 Å². The third kappa shape index (κ3) is 23.0. The molecule has 0 saturated carbocycles. The van der Waals surface area contributed by atoms with Gasteiger partial charge in [0.25, 0.3) is 0 Å². The second kappa shape index (κ2) is 20.9. The summed E-state index contributed by atoms with van der Waals surface area (Å²) in [7, 11) is 0. The van der Waals surface area contributed by atoms with Crippen molar-refractivity contribution in [1.82, 2.24) is 0 Å². The zero-order valence-corrected chi connectivity index (χ0v) is 20.3. The van der Waals surface area contributed by atoms with E-state index in [2.05, 4.69) is 12.2 Å². The molecule has 4 nitrogen and oxygen atoms in total. The minimum atomic E-state index is -0.0716. The molecule has 0 aliphatic carbocycles. The molecular weight excluding hydrogens is 376 g/mol. The molecule has 0 aromatic carbocycles. The minimum absolute atomic E-state index is 0.00404. The van der Waals surface area contributed by atoms with Crippen LogP contribution in [0.3, 0.4) is 0 Å². The average Bonchev–Trinajstić information content (AvgIpc) is 2.65. The van der Waals surface area contributed by atoms with Crippen LogP contribution in [0.25, 0.3) is 0 Å². The molecule has 0 amide bonds. The van der Waals surface area contributed by atoms with Crippen LogP contribution in [0.5, 0.6) is 0 Å². The number of unbranched alkanes of at least 4 members (excludes halogenated alkanes) is 12. The van der Waals surface area contributed by atoms with Crippen molar-refractivity contribution in [2.75, 3.05) is 0 Å². The van der Waals surface area contributed by atoms with Gasteiger partial charge in [0.15, 0.2) is 0 Å². The Hall–Kier alpha value is -1.32. The van der Waals surface area contributed by atoms with Gasteiger partial charge < -0.3 is 9.47 Å². The van der Waals surface area contributed by atoms with Gasteiger partial charge in [0, 0.05) is 12.8 Å². The summed E-state index contributed by atoms with van der Waals surface area (Å²) in [5.74, 6) is -0.124. The molecule has 0 atom stereocenters. The van der Waals surface area contributed by atoms with E-state index in [4.69, 9.17) is 9.47 Å². The molecule has 0 heterocycles. The number of hydrogen-bond acceptors (Lipinski definition) is 4. The van der Waals surface area contributed by atoms with Gasteiger partial charge in [-0.2, -0.15) is 0 Å². The van der Waals surface area contributed by atoms with Gasteiger partial charge in [-0.1, -0.05) is 63.5 Å². The molecule has 0 aliphatic heterocycles. The molecule has 0 fully saturated rings. The molecule has 0 N–H and O–H groups in total. The molecule has 0 radical (unpaired) electrons. The topological polar surface area (TPSA) is 52.6 Å². The Bertz CT molecular complexity index is 440. The third-order valence-electron chi connectivity index (χ3n) is 4.90. The van der Waals surface area contributed by atoms with Crippen LogP contribution in [0.1, 0.15) is 130 Å². The summed E-state index contributed by atoms with van der Waals surface area (Å²) in [6.07, 6.45) is 22.5. The number of esters is 2. The van der Waals surface area contributed by atoms with Gasteiger partial charge in [0.05, 0.1) is 12.2 Å². The summed E-state index contributed by atoms with van der Waals surface area (Å²) < 4.78 is 10.3. The van der Waals surface area contributed by atoms with E-state index in [0.717, 1.165) is 32.1 Å². The highest BCUT2D eigenvalue weighted by Crippen LogP contribution is 2.13. The number of ether oxygens (including phenoxy) is 2. The Kier molecular flexibility index (Phi) is 20.0. The minimum Gasteiger partial charge on any atom is -0.463 e. The second-order valence-electron chi connectivity index (χ2n) is 8.87. The normalized spacial score (nSPS) is 11.5.